The quantitative estimate of drug-likeness (QED) is 0.139. The molecule has 10 nitrogen and oxygen atoms in total. The van der Waals surface area contributed by atoms with E-state index in [0.717, 1.165) is 26.1 Å². The summed E-state index contributed by atoms with van der Waals surface area (Å²) in [5.74, 6) is -3.95. The van der Waals surface area contributed by atoms with E-state index in [1.54, 1.807) is 71.6 Å². The van der Waals surface area contributed by atoms with E-state index >= 15 is 4.79 Å². The lowest BCUT2D eigenvalue weighted by Gasteiger charge is -2.49. The Morgan fingerprint density at radius 2 is 1.74 bits per heavy atom. The average Bonchev–Trinajstić information content (AvgIpc) is 3.83. The number of thiophene rings is 1. The molecule has 0 radical (unpaired) electrons. The maximum atomic E-state index is 15.1. The number of benzene rings is 3. The second-order valence-electron chi connectivity index (χ2n) is 14.9. The Labute approximate surface area is 320 Å². The lowest BCUT2D eigenvalue weighted by Crippen LogP contribution is -2.49. The fraction of sp³-hybridized carbons (Fsp3) is 0.310. The SMILES string of the molecule is CCOc1cc(C2C3=CCC4C(=O)N(c5ccccc5)C(=O)C4C3CC3C(=O)N(c4cc(-c5sc6ccc(Cl)cc6c5C)nn4C)C(=O)C32C)ccc1O. The highest BCUT2D eigenvalue weighted by Gasteiger charge is 2.68. The Bertz CT molecular complexity index is 2470. The first-order valence-electron chi connectivity index (χ1n) is 18.1. The van der Waals surface area contributed by atoms with E-state index in [2.05, 4.69) is 0 Å². The summed E-state index contributed by atoms with van der Waals surface area (Å²) in [5.41, 5.74) is 2.42. The van der Waals surface area contributed by atoms with Crippen molar-refractivity contribution in [2.24, 2.45) is 36.1 Å². The second kappa shape index (κ2) is 12.4. The van der Waals surface area contributed by atoms with Crippen molar-refractivity contribution in [3.8, 4) is 22.1 Å². The number of aromatic nitrogens is 2. The van der Waals surface area contributed by atoms with Crippen molar-refractivity contribution < 1.29 is 29.0 Å². The molecule has 4 aliphatic rings. The molecule has 9 rings (SSSR count). The van der Waals surface area contributed by atoms with Crippen LogP contribution >= 0.6 is 22.9 Å². The van der Waals surface area contributed by atoms with Crippen molar-refractivity contribution >= 4 is 68.2 Å². The highest BCUT2D eigenvalue weighted by Crippen LogP contribution is 2.64. The third kappa shape index (κ3) is 4.80. The number of hydrogen-bond acceptors (Lipinski definition) is 8. The number of halogens is 1. The van der Waals surface area contributed by atoms with E-state index in [9.17, 15) is 19.5 Å². The van der Waals surface area contributed by atoms with Crippen LogP contribution in [0.2, 0.25) is 5.02 Å². The number of carbonyl (C=O) groups is 4. The summed E-state index contributed by atoms with van der Waals surface area (Å²) in [6, 6.07) is 21.5. The largest absolute Gasteiger partial charge is 0.504 e. The number of fused-ring (bicyclic) bond motifs is 5. The minimum absolute atomic E-state index is 0.0425. The van der Waals surface area contributed by atoms with Crippen LogP contribution in [0.15, 0.2) is 84.4 Å². The summed E-state index contributed by atoms with van der Waals surface area (Å²) in [4.78, 5) is 61.8. The molecule has 2 saturated heterocycles. The first kappa shape index (κ1) is 34.5. The Morgan fingerprint density at radius 3 is 2.50 bits per heavy atom. The number of phenolic OH excluding ortho intramolecular Hbond substituents is 1. The van der Waals surface area contributed by atoms with E-state index in [1.807, 2.05) is 51.1 Å². The van der Waals surface area contributed by atoms with Gasteiger partial charge in [0.05, 0.1) is 40.3 Å². The summed E-state index contributed by atoms with van der Waals surface area (Å²) >= 11 is 7.89. The molecule has 2 aromatic heterocycles. The summed E-state index contributed by atoms with van der Waals surface area (Å²) < 4.78 is 8.42. The molecule has 5 aromatic rings. The molecule has 2 aliphatic carbocycles. The summed E-state index contributed by atoms with van der Waals surface area (Å²) in [6.45, 7) is 5.98. The standard InChI is InChI=1S/C42H37ClN4O6S/c1-5-53-32-17-22(11-15-31(32)48)36-25-13-14-26-35(40(51)46(38(26)49)24-9-7-6-8-10-24)28(25)19-29-39(50)47(41(52)42(29,36)3)34-20-30(44-45(34)4)37-21(2)27-18-23(43)12-16-33(27)54-37/h6-13,15-18,20,26,28-29,35-36,48H,5,14,19H2,1-4H3. The summed E-state index contributed by atoms with van der Waals surface area (Å²) in [6.07, 6.45) is 2.57. The van der Waals surface area contributed by atoms with Crippen molar-refractivity contribution in [3.05, 3.63) is 101 Å². The van der Waals surface area contributed by atoms with E-state index in [4.69, 9.17) is 21.4 Å². The molecule has 4 heterocycles. The third-order valence-corrected chi connectivity index (χ3v) is 13.7. The van der Waals surface area contributed by atoms with Gasteiger partial charge in [0, 0.05) is 28.8 Å². The van der Waals surface area contributed by atoms with Crippen LogP contribution in [-0.2, 0) is 26.2 Å². The Kier molecular flexibility index (Phi) is 7.92. The van der Waals surface area contributed by atoms with Gasteiger partial charge >= 0.3 is 0 Å². The molecule has 3 aromatic carbocycles. The van der Waals surface area contributed by atoms with Gasteiger partial charge in [-0.3, -0.25) is 28.8 Å². The monoisotopic (exact) mass is 760 g/mol. The molecule has 54 heavy (non-hydrogen) atoms. The van der Waals surface area contributed by atoms with Gasteiger partial charge in [0.15, 0.2) is 11.5 Å². The predicted octanol–water partition coefficient (Wildman–Crippen LogP) is 7.80. The maximum Gasteiger partial charge on any atom is 0.242 e. The van der Waals surface area contributed by atoms with Gasteiger partial charge in [0.25, 0.3) is 0 Å². The normalized spacial score (nSPS) is 26.3. The van der Waals surface area contributed by atoms with Crippen LogP contribution in [0.5, 0.6) is 11.5 Å². The topological polar surface area (TPSA) is 122 Å². The molecule has 0 bridgehead atoms. The van der Waals surface area contributed by atoms with Crippen molar-refractivity contribution in [2.75, 3.05) is 16.4 Å². The fourth-order valence-electron chi connectivity index (χ4n) is 9.64. The number of imide groups is 2. The molecule has 12 heteroatoms. The highest BCUT2D eigenvalue weighted by molar-refractivity contribution is 7.22. The van der Waals surface area contributed by atoms with Crippen LogP contribution in [0.3, 0.4) is 0 Å². The van der Waals surface area contributed by atoms with Crippen molar-refractivity contribution in [1.29, 1.82) is 0 Å². The fourth-order valence-corrected chi connectivity index (χ4v) is 11.0. The molecule has 6 unspecified atom stereocenters. The smallest absolute Gasteiger partial charge is 0.242 e. The number of ether oxygens (including phenoxy) is 1. The average molecular weight is 761 g/mol. The van der Waals surface area contributed by atoms with Crippen molar-refractivity contribution in [2.45, 2.75) is 39.5 Å². The van der Waals surface area contributed by atoms with Gasteiger partial charge in [-0.25, -0.2) is 4.90 Å². The lowest BCUT2D eigenvalue weighted by atomic mass is 9.51. The number of aromatic hydroxyl groups is 1. The number of rotatable bonds is 6. The summed E-state index contributed by atoms with van der Waals surface area (Å²) in [7, 11) is 1.73. The van der Waals surface area contributed by atoms with Crippen LogP contribution in [0.25, 0.3) is 20.7 Å². The van der Waals surface area contributed by atoms with Crippen LogP contribution in [0.4, 0.5) is 11.5 Å². The number of aryl methyl sites for hydroxylation is 2. The number of amides is 4. The summed E-state index contributed by atoms with van der Waals surface area (Å²) in [5, 5.41) is 17.2. The molecule has 0 spiro atoms. The van der Waals surface area contributed by atoms with Gasteiger partial charge in [-0.05, 0) is 98.5 Å². The zero-order chi connectivity index (χ0) is 37.8. The first-order chi connectivity index (χ1) is 25.9. The molecule has 2 aliphatic heterocycles. The van der Waals surface area contributed by atoms with E-state index in [-0.39, 0.29) is 41.5 Å². The van der Waals surface area contributed by atoms with Gasteiger partial charge in [0.1, 0.15) is 11.5 Å². The van der Waals surface area contributed by atoms with Gasteiger partial charge < -0.3 is 9.84 Å². The van der Waals surface area contributed by atoms with E-state index < -0.39 is 35.0 Å². The molecule has 3 fully saturated rings. The maximum absolute atomic E-state index is 15.1. The number of phenols is 1. The van der Waals surface area contributed by atoms with Crippen LogP contribution in [0, 0.1) is 36.0 Å². The van der Waals surface area contributed by atoms with Crippen molar-refractivity contribution in [3.63, 3.8) is 0 Å². The number of para-hydroxylation sites is 1. The van der Waals surface area contributed by atoms with Crippen LogP contribution < -0.4 is 14.5 Å². The molecule has 6 atom stereocenters. The predicted molar refractivity (Wildman–Crippen MR) is 207 cm³/mol. The zero-order valence-corrected chi connectivity index (χ0v) is 31.6. The Hall–Kier alpha value is -5.26. The number of nitrogens with zero attached hydrogens (tertiary/aromatic N) is 4. The number of hydrogen-bond donors (Lipinski definition) is 1. The van der Waals surface area contributed by atoms with Gasteiger partial charge in [0.2, 0.25) is 23.6 Å². The van der Waals surface area contributed by atoms with Gasteiger partial charge in [-0.2, -0.15) is 5.10 Å². The second-order valence-corrected chi connectivity index (χ2v) is 16.4. The minimum atomic E-state index is -1.27. The van der Waals surface area contributed by atoms with Gasteiger partial charge in [-0.15, -0.1) is 11.3 Å². The van der Waals surface area contributed by atoms with Gasteiger partial charge in [-0.1, -0.05) is 47.5 Å². The lowest BCUT2D eigenvalue weighted by molar-refractivity contribution is -0.131. The Balaban J connectivity index is 1.16. The highest BCUT2D eigenvalue weighted by atomic mass is 35.5. The molecule has 274 valence electrons. The minimum Gasteiger partial charge on any atom is -0.504 e. The molecule has 1 N–H and O–H groups in total. The van der Waals surface area contributed by atoms with E-state index in [0.29, 0.717) is 40.8 Å². The first-order valence-corrected chi connectivity index (χ1v) is 19.3. The number of anilines is 2. The van der Waals surface area contributed by atoms with Crippen LogP contribution in [-0.4, -0.2) is 45.1 Å². The molecule has 1 saturated carbocycles. The zero-order valence-electron chi connectivity index (χ0n) is 30.1. The third-order valence-electron chi connectivity index (χ3n) is 12.1. The molecule has 4 amide bonds. The molecular weight excluding hydrogens is 724 g/mol. The number of carbonyl (C=O) groups excluding carboxylic acids is 4. The number of allylic oxidation sites excluding steroid dienone is 2. The van der Waals surface area contributed by atoms with Crippen molar-refractivity contribution in [1.82, 2.24) is 9.78 Å². The van der Waals surface area contributed by atoms with Crippen LogP contribution in [0.1, 0.15) is 43.7 Å². The van der Waals surface area contributed by atoms with E-state index in [1.165, 1.54) is 9.80 Å². The Morgan fingerprint density at radius 1 is 0.963 bits per heavy atom. The molecular formula is C42H37ClN4O6S.